The molecule has 1 atom stereocenters. The SMILES string of the molecule is COc1ccc(CNC(=O)[C@@H](c2ccc(OC)cc2)N(C(=O)c2snc(C(N)=O)c2N)c2cc(C)cc(C)c2)cc1. The Balaban J connectivity index is 1.83. The van der Waals surface area contributed by atoms with Gasteiger partial charge in [-0.2, -0.15) is 4.37 Å². The fraction of sp³-hybridized carbons (Fsp3) is 0.200. The van der Waals surface area contributed by atoms with E-state index in [0.717, 1.165) is 28.2 Å². The molecule has 1 heterocycles. The van der Waals surface area contributed by atoms with Crippen molar-refractivity contribution in [1.82, 2.24) is 9.69 Å². The summed E-state index contributed by atoms with van der Waals surface area (Å²) in [5.41, 5.74) is 14.9. The summed E-state index contributed by atoms with van der Waals surface area (Å²) < 4.78 is 14.5. The molecule has 5 N–H and O–H groups in total. The maximum absolute atomic E-state index is 14.3. The number of nitrogens with two attached hydrogens (primary N) is 2. The topological polar surface area (TPSA) is 150 Å². The fourth-order valence-electron chi connectivity index (χ4n) is 4.44. The minimum atomic E-state index is -1.12. The molecular formula is C30H31N5O5S. The normalized spacial score (nSPS) is 11.4. The molecule has 4 rings (SSSR count). The van der Waals surface area contributed by atoms with Gasteiger partial charge in [-0.05, 0) is 84.0 Å². The van der Waals surface area contributed by atoms with Crippen LogP contribution in [-0.4, -0.2) is 36.3 Å². The van der Waals surface area contributed by atoms with E-state index in [0.29, 0.717) is 22.7 Å². The van der Waals surface area contributed by atoms with Crippen molar-refractivity contribution >= 4 is 40.6 Å². The van der Waals surface area contributed by atoms with Gasteiger partial charge in [0.25, 0.3) is 11.8 Å². The highest BCUT2D eigenvalue weighted by molar-refractivity contribution is 7.09. The first kappa shape index (κ1) is 29.1. The van der Waals surface area contributed by atoms with Crippen molar-refractivity contribution in [2.45, 2.75) is 26.4 Å². The number of rotatable bonds is 10. The molecule has 0 saturated heterocycles. The fourth-order valence-corrected chi connectivity index (χ4v) is 5.19. The molecule has 4 aromatic rings. The lowest BCUT2D eigenvalue weighted by Crippen LogP contribution is -2.44. The summed E-state index contributed by atoms with van der Waals surface area (Å²) >= 11 is 0.757. The first-order valence-electron chi connectivity index (χ1n) is 12.6. The number of benzene rings is 3. The number of amides is 3. The Morgan fingerprint density at radius 3 is 2.00 bits per heavy atom. The van der Waals surface area contributed by atoms with Crippen LogP contribution in [0.2, 0.25) is 0 Å². The molecule has 3 aromatic carbocycles. The molecule has 212 valence electrons. The number of aryl methyl sites for hydroxylation is 2. The number of nitrogen functional groups attached to an aromatic ring is 1. The summed E-state index contributed by atoms with van der Waals surface area (Å²) in [5.74, 6) is -0.595. The van der Waals surface area contributed by atoms with Gasteiger partial charge in [-0.15, -0.1) is 0 Å². The van der Waals surface area contributed by atoms with E-state index in [2.05, 4.69) is 9.69 Å². The second-order valence-corrected chi connectivity index (χ2v) is 10.2. The average molecular weight is 574 g/mol. The minimum Gasteiger partial charge on any atom is -0.497 e. The molecule has 3 amide bonds. The lowest BCUT2D eigenvalue weighted by atomic mass is 10.0. The molecule has 1 aromatic heterocycles. The summed E-state index contributed by atoms with van der Waals surface area (Å²) in [7, 11) is 3.12. The summed E-state index contributed by atoms with van der Waals surface area (Å²) in [4.78, 5) is 41.5. The molecule has 0 unspecified atom stereocenters. The van der Waals surface area contributed by atoms with Gasteiger partial charge < -0.3 is 26.3 Å². The van der Waals surface area contributed by atoms with Crippen molar-refractivity contribution in [3.63, 3.8) is 0 Å². The van der Waals surface area contributed by atoms with E-state index in [4.69, 9.17) is 20.9 Å². The van der Waals surface area contributed by atoms with Crippen molar-refractivity contribution < 1.29 is 23.9 Å². The third-order valence-corrected chi connectivity index (χ3v) is 7.27. The number of nitrogens with one attached hydrogen (secondary N) is 1. The van der Waals surface area contributed by atoms with E-state index < -0.39 is 23.8 Å². The van der Waals surface area contributed by atoms with Crippen molar-refractivity contribution in [2.75, 3.05) is 24.9 Å². The van der Waals surface area contributed by atoms with Crippen LogP contribution in [0.15, 0.2) is 66.7 Å². The third kappa shape index (κ3) is 6.47. The molecule has 11 heteroatoms. The van der Waals surface area contributed by atoms with Gasteiger partial charge in [0.1, 0.15) is 22.4 Å². The Hall–Kier alpha value is -4.90. The molecular weight excluding hydrogens is 542 g/mol. The van der Waals surface area contributed by atoms with Crippen LogP contribution in [0, 0.1) is 13.8 Å². The molecule has 0 fully saturated rings. The van der Waals surface area contributed by atoms with Gasteiger partial charge in [-0.25, -0.2) is 0 Å². The number of nitrogens with zero attached hydrogens (tertiary/aromatic N) is 2. The van der Waals surface area contributed by atoms with E-state index in [1.807, 2.05) is 44.2 Å². The van der Waals surface area contributed by atoms with Crippen LogP contribution in [0.1, 0.15) is 48.5 Å². The van der Waals surface area contributed by atoms with Crippen LogP contribution in [0.25, 0.3) is 0 Å². The lowest BCUT2D eigenvalue weighted by Gasteiger charge is -2.32. The predicted octanol–water partition coefficient (Wildman–Crippen LogP) is 4.16. The highest BCUT2D eigenvalue weighted by Gasteiger charge is 2.36. The second kappa shape index (κ2) is 12.5. The van der Waals surface area contributed by atoms with Gasteiger partial charge in [0, 0.05) is 12.2 Å². The summed E-state index contributed by atoms with van der Waals surface area (Å²) in [6, 6.07) is 18.6. The lowest BCUT2D eigenvalue weighted by molar-refractivity contribution is -0.122. The van der Waals surface area contributed by atoms with E-state index in [1.54, 1.807) is 50.6 Å². The molecule has 0 aliphatic carbocycles. The molecule has 0 spiro atoms. The Morgan fingerprint density at radius 1 is 0.927 bits per heavy atom. The largest absolute Gasteiger partial charge is 0.497 e. The van der Waals surface area contributed by atoms with Crippen molar-refractivity contribution in [1.29, 1.82) is 0 Å². The monoisotopic (exact) mass is 573 g/mol. The van der Waals surface area contributed by atoms with Crippen molar-refractivity contribution in [3.8, 4) is 11.5 Å². The van der Waals surface area contributed by atoms with Crippen LogP contribution < -0.4 is 31.2 Å². The zero-order valence-corrected chi connectivity index (χ0v) is 24.0. The number of ether oxygens (including phenoxy) is 2. The standard InChI is InChI=1S/C30H31N5O5S/c1-17-13-18(2)15-21(14-17)35(30(38)27-24(31)25(28(32)36)34-41-27)26(20-7-11-23(40-4)12-8-20)29(37)33-16-19-5-9-22(39-3)10-6-19/h5-15,26H,16,31H2,1-4H3,(H2,32,36)(H,33,37)/t26-/m1/s1. The number of hydrogen-bond acceptors (Lipinski definition) is 8. The Kier molecular flexibility index (Phi) is 8.88. The van der Waals surface area contributed by atoms with Gasteiger partial charge >= 0.3 is 0 Å². The maximum Gasteiger partial charge on any atom is 0.273 e. The molecule has 0 aliphatic rings. The quantitative estimate of drug-likeness (QED) is 0.258. The minimum absolute atomic E-state index is 0.000532. The van der Waals surface area contributed by atoms with E-state index in [9.17, 15) is 14.4 Å². The maximum atomic E-state index is 14.3. The predicted molar refractivity (Wildman–Crippen MR) is 158 cm³/mol. The third-order valence-electron chi connectivity index (χ3n) is 6.42. The number of primary amides is 1. The first-order valence-corrected chi connectivity index (χ1v) is 13.4. The number of hydrogen-bond donors (Lipinski definition) is 3. The van der Waals surface area contributed by atoms with E-state index in [-0.39, 0.29) is 22.8 Å². The molecule has 10 nitrogen and oxygen atoms in total. The van der Waals surface area contributed by atoms with Crippen LogP contribution in [0.5, 0.6) is 11.5 Å². The van der Waals surface area contributed by atoms with Crippen LogP contribution in [0.4, 0.5) is 11.4 Å². The summed E-state index contributed by atoms with van der Waals surface area (Å²) in [5, 5.41) is 2.96. The van der Waals surface area contributed by atoms with Crippen LogP contribution >= 0.6 is 11.5 Å². The zero-order valence-electron chi connectivity index (χ0n) is 23.1. The van der Waals surface area contributed by atoms with Crippen LogP contribution in [0.3, 0.4) is 0 Å². The number of methoxy groups -OCH3 is 2. The molecule has 0 bridgehead atoms. The highest BCUT2D eigenvalue weighted by atomic mass is 32.1. The van der Waals surface area contributed by atoms with Gasteiger partial charge in [-0.3, -0.25) is 19.3 Å². The average Bonchev–Trinajstić information content (AvgIpc) is 3.35. The Labute approximate surface area is 242 Å². The van der Waals surface area contributed by atoms with Gasteiger partial charge in [-0.1, -0.05) is 30.3 Å². The number of anilines is 2. The second-order valence-electron chi connectivity index (χ2n) is 9.40. The smallest absolute Gasteiger partial charge is 0.273 e. The highest BCUT2D eigenvalue weighted by Crippen LogP contribution is 2.34. The van der Waals surface area contributed by atoms with Gasteiger partial charge in [0.15, 0.2) is 5.69 Å². The van der Waals surface area contributed by atoms with E-state index >= 15 is 0 Å². The molecule has 0 aliphatic heterocycles. The Morgan fingerprint density at radius 2 is 1.49 bits per heavy atom. The van der Waals surface area contributed by atoms with Gasteiger partial charge in [0.2, 0.25) is 5.91 Å². The van der Waals surface area contributed by atoms with Gasteiger partial charge in [0.05, 0.1) is 19.9 Å². The van der Waals surface area contributed by atoms with Crippen LogP contribution in [-0.2, 0) is 11.3 Å². The molecule has 0 radical (unpaired) electrons. The van der Waals surface area contributed by atoms with Crippen molar-refractivity contribution in [3.05, 3.63) is 99.6 Å². The Bertz CT molecular complexity index is 1550. The molecule has 0 saturated carbocycles. The summed E-state index contributed by atoms with van der Waals surface area (Å²) in [6.45, 7) is 4.01. The number of carbonyl (C=O) groups is 3. The van der Waals surface area contributed by atoms with E-state index in [1.165, 1.54) is 4.90 Å². The summed E-state index contributed by atoms with van der Waals surface area (Å²) in [6.07, 6.45) is 0. The number of carbonyl (C=O) groups excluding carboxylic acids is 3. The first-order chi connectivity index (χ1) is 19.6. The van der Waals surface area contributed by atoms with Crippen molar-refractivity contribution in [2.24, 2.45) is 5.73 Å². The number of aromatic nitrogens is 1. The zero-order chi connectivity index (χ0) is 29.7. The molecule has 41 heavy (non-hydrogen) atoms.